The van der Waals surface area contributed by atoms with E-state index in [9.17, 15) is 5.11 Å². The molecule has 0 radical (unpaired) electrons. The summed E-state index contributed by atoms with van der Waals surface area (Å²) < 4.78 is 5.04. The van der Waals surface area contributed by atoms with Crippen molar-refractivity contribution in [1.82, 2.24) is 5.32 Å². The van der Waals surface area contributed by atoms with Gasteiger partial charge in [0, 0.05) is 38.5 Å². The van der Waals surface area contributed by atoms with E-state index in [-0.39, 0.29) is 12.6 Å². The lowest BCUT2D eigenvalue weighted by atomic mass is 10.1. The molecule has 0 amide bonds. The van der Waals surface area contributed by atoms with Crippen molar-refractivity contribution in [2.75, 3.05) is 32.2 Å². The maximum atomic E-state index is 9.29. The molecule has 0 saturated carbocycles. The smallest absolute Gasteiger partial charge is 0.0585 e. The molecule has 1 aliphatic rings. The fourth-order valence-electron chi connectivity index (χ4n) is 2.33. The number of aliphatic hydroxyl groups is 1. The standard InChI is InChI=1S/C14H22N2O2/c1-18-8-6-13(10-17)16-9-12-4-2-3-11-5-7-15-14(11)12/h2-4,13,15-17H,5-10H2,1H3. The summed E-state index contributed by atoms with van der Waals surface area (Å²) in [5.74, 6) is 0. The van der Waals surface area contributed by atoms with Gasteiger partial charge in [0.2, 0.25) is 0 Å². The van der Waals surface area contributed by atoms with E-state index in [1.165, 1.54) is 16.8 Å². The van der Waals surface area contributed by atoms with Gasteiger partial charge in [-0.1, -0.05) is 18.2 Å². The highest BCUT2D eigenvalue weighted by Gasteiger charge is 2.14. The van der Waals surface area contributed by atoms with Gasteiger partial charge in [0.1, 0.15) is 0 Å². The van der Waals surface area contributed by atoms with Gasteiger partial charge in [-0.05, 0) is 24.0 Å². The van der Waals surface area contributed by atoms with Gasteiger partial charge in [-0.2, -0.15) is 0 Å². The van der Waals surface area contributed by atoms with Crippen LogP contribution in [0.5, 0.6) is 0 Å². The van der Waals surface area contributed by atoms with E-state index in [0.717, 1.165) is 25.9 Å². The van der Waals surface area contributed by atoms with E-state index in [1.807, 2.05) is 0 Å². The third-order valence-electron chi connectivity index (χ3n) is 3.41. The molecule has 4 nitrogen and oxygen atoms in total. The molecule has 1 aliphatic heterocycles. The molecule has 1 aromatic carbocycles. The monoisotopic (exact) mass is 250 g/mol. The molecular formula is C14H22N2O2. The summed E-state index contributed by atoms with van der Waals surface area (Å²) in [6, 6.07) is 6.51. The molecule has 2 rings (SSSR count). The quantitative estimate of drug-likeness (QED) is 0.679. The summed E-state index contributed by atoms with van der Waals surface area (Å²) in [5, 5.41) is 16.1. The number of ether oxygens (including phenoxy) is 1. The van der Waals surface area contributed by atoms with Crippen LogP contribution < -0.4 is 10.6 Å². The summed E-state index contributed by atoms with van der Waals surface area (Å²) in [5.41, 5.74) is 3.95. The van der Waals surface area contributed by atoms with Gasteiger partial charge >= 0.3 is 0 Å². The van der Waals surface area contributed by atoms with Crippen LogP contribution in [0.1, 0.15) is 17.5 Å². The topological polar surface area (TPSA) is 53.5 Å². The first-order chi connectivity index (χ1) is 8.85. The minimum Gasteiger partial charge on any atom is -0.395 e. The first-order valence-corrected chi connectivity index (χ1v) is 6.53. The van der Waals surface area contributed by atoms with Crippen LogP contribution in [0.2, 0.25) is 0 Å². The van der Waals surface area contributed by atoms with Crippen LogP contribution >= 0.6 is 0 Å². The Labute approximate surface area is 108 Å². The van der Waals surface area contributed by atoms with Crippen molar-refractivity contribution in [2.45, 2.75) is 25.4 Å². The lowest BCUT2D eigenvalue weighted by Gasteiger charge is -2.17. The summed E-state index contributed by atoms with van der Waals surface area (Å²) in [6.45, 7) is 2.62. The number of fused-ring (bicyclic) bond motifs is 1. The molecule has 0 fully saturated rings. The van der Waals surface area contributed by atoms with Crippen LogP contribution in [0.3, 0.4) is 0 Å². The highest BCUT2D eigenvalue weighted by Crippen LogP contribution is 2.26. The minimum atomic E-state index is 0.0993. The van der Waals surface area contributed by atoms with Crippen LogP contribution in [0.4, 0.5) is 5.69 Å². The minimum absolute atomic E-state index is 0.0993. The van der Waals surface area contributed by atoms with Crippen LogP contribution in [-0.4, -0.2) is 38.0 Å². The highest BCUT2D eigenvalue weighted by molar-refractivity contribution is 5.61. The van der Waals surface area contributed by atoms with Crippen LogP contribution in [-0.2, 0) is 17.7 Å². The number of para-hydroxylation sites is 1. The Kier molecular flexibility index (Phi) is 4.99. The molecule has 100 valence electrons. The largest absolute Gasteiger partial charge is 0.395 e. The number of hydrogen-bond acceptors (Lipinski definition) is 4. The molecule has 0 aromatic heterocycles. The van der Waals surface area contributed by atoms with Crippen molar-refractivity contribution in [3.63, 3.8) is 0 Å². The predicted octanol–water partition coefficient (Wildman–Crippen LogP) is 1.14. The zero-order chi connectivity index (χ0) is 12.8. The molecule has 1 unspecified atom stereocenters. The number of rotatable bonds is 7. The Balaban J connectivity index is 1.91. The van der Waals surface area contributed by atoms with E-state index in [0.29, 0.717) is 6.61 Å². The Morgan fingerprint density at radius 2 is 2.39 bits per heavy atom. The Hall–Kier alpha value is -1.10. The van der Waals surface area contributed by atoms with Gasteiger partial charge in [-0.25, -0.2) is 0 Å². The van der Waals surface area contributed by atoms with Crippen LogP contribution in [0.25, 0.3) is 0 Å². The van der Waals surface area contributed by atoms with Crippen molar-refractivity contribution in [2.24, 2.45) is 0 Å². The lowest BCUT2D eigenvalue weighted by molar-refractivity contribution is 0.159. The normalized spacial score (nSPS) is 15.2. The van der Waals surface area contributed by atoms with Crippen molar-refractivity contribution >= 4 is 5.69 Å². The van der Waals surface area contributed by atoms with Gasteiger partial charge in [-0.3, -0.25) is 0 Å². The average Bonchev–Trinajstić information content (AvgIpc) is 2.88. The molecular weight excluding hydrogens is 228 g/mol. The average molecular weight is 250 g/mol. The van der Waals surface area contributed by atoms with Gasteiger partial charge < -0.3 is 20.5 Å². The van der Waals surface area contributed by atoms with E-state index in [4.69, 9.17) is 4.74 Å². The van der Waals surface area contributed by atoms with Crippen molar-refractivity contribution in [1.29, 1.82) is 0 Å². The SMILES string of the molecule is COCCC(CO)NCc1cccc2c1NCC2. The fraction of sp³-hybridized carbons (Fsp3) is 0.571. The number of methoxy groups -OCH3 is 1. The second kappa shape index (κ2) is 6.73. The van der Waals surface area contributed by atoms with Crippen LogP contribution in [0, 0.1) is 0 Å². The molecule has 0 aliphatic carbocycles. The van der Waals surface area contributed by atoms with Gasteiger partial charge in [-0.15, -0.1) is 0 Å². The Morgan fingerprint density at radius 3 is 3.17 bits per heavy atom. The second-order valence-electron chi connectivity index (χ2n) is 4.67. The third-order valence-corrected chi connectivity index (χ3v) is 3.41. The maximum absolute atomic E-state index is 9.29. The molecule has 0 bridgehead atoms. The molecule has 1 atom stereocenters. The maximum Gasteiger partial charge on any atom is 0.0585 e. The zero-order valence-electron chi connectivity index (χ0n) is 10.9. The molecule has 0 saturated heterocycles. The number of aliphatic hydroxyl groups excluding tert-OH is 1. The molecule has 4 heteroatoms. The number of nitrogens with one attached hydrogen (secondary N) is 2. The first-order valence-electron chi connectivity index (χ1n) is 6.53. The Bertz CT molecular complexity index is 382. The molecule has 3 N–H and O–H groups in total. The molecule has 1 aromatic rings. The Morgan fingerprint density at radius 1 is 1.50 bits per heavy atom. The lowest BCUT2D eigenvalue weighted by Crippen LogP contribution is -2.33. The summed E-state index contributed by atoms with van der Waals surface area (Å²) in [4.78, 5) is 0. The van der Waals surface area contributed by atoms with Crippen molar-refractivity contribution in [3.05, 3.63) is 29.3 Å². The van der Waals surface area contributed by atoms with Gasteiger partial charge in [0.05, 0.1) is 6.61 Å². The zero-order valence-corrected chi connectivity index (χ0v) is 10.9. The summed E-state index contributed by atoms with van der Waals surface area (Å²) >= 11 is 0. The van der Waals surface area contributed by atoms with E-state index in [2.05, 4.69) is 28.8 Å². The number of anilines is 1. The first kappa shape index (κ1) is 13.3. The third kappa shape index (κ3) is 3.22. The summed E-state index contributed by atoms with van der Waals surface area (Å²) in [7, 11) is 1.68. The van der Waals surface area contributed by atoms with Gasteiger partial charge in [0.15, 0.2) is 0 Å². The van der Waals surface area contributed by atoms with Crippen molar-refractivity contribution in [3.8, 4) is 0 Å². The van der Waals surface area contributed by atoms with E-state index < -0.39 is 0 Å². The number of hydrogen-bond donors (Lipinski definition) is 3. The fourth-order valence-corrected chi connectivity index (χ4v) is 2.33. The second-order valence-corrected chi connectivity index (χ2v) is 4.67. The van der Waals surface area contributed by atoms with E-state index in [1.54, 1.807) is 7.11 Å². The predicted molar refractivity (Wildman–Crippen MR) is 72.8 cm³/mol. The highest BCUT2D eigenvalue weighted by atomic mass is 16.5. The van der Waals surface area contributed by atoms with Crippen molar-refractivity contribution < 1.29 is 9.84 Å². The number of benzene rings is 1. The van der Waals surface area contributed by atoms with Gasteiger partial charge in [0.25, 0.3) is 0 Å². The molecule has 1 heterocycles. The van der Waals surface area contributed by atoms with E-state index >= 15 is 0 Å². The summed E-state index contributed by atoms with van der Waals surface area (Å²) in [6.07, 6.45) is 1.94. The van der Waals surface area contributed by atoms with Crippen LogP contribution in [0.15, 0.2) is 18.2 Å². The molecule has 0 spiro atoms. The molecule has 18 heavy (non-hydrogen) atoms.